The van der Waals surface area contributed by atoms with Gasteiger partial charge in [-0.1, -0.05) is 0 Å². The fourth-order valence-electron chi connectivity index (χ4n) is 0.753. The van der Waals surface area contributed by atoms with Gasteiger partial charge >= 0.3 is 6.36 Å². The van der Waals surface area contributed by atoms with Crippen LogP contribution >= 0.6 is 31.9 Å². The van der Waals surface area contributed by atoms with Crippen molar-refractivity contribution in [2.75, 3.05) is 5.73 Å². The topological polar surface area (TPSA) is 35.2 Å². The highest BCUT2D eigenvalue weighted by atomic mass is 79.9. The van der Waals surface area contributed by atoms with Gasteiger partial charge in [-0.05, 0) is 44.0 Å². The van der Waals surface area contributed by atoms with Crippen molar-refractivity contribution >= 4 is 37.5 Å². The van der Waals surface area contributed by atoms with Gasteiger partial charge in [-0.15, -0.1) is 13.2 Å². The smallest absolute Gasteiger partial charge is 0.405 e. The molecule has 1 aromatic carbocycles. The molecule has 78 valence electrons. The summed E-state index contributed by atoms with van der Waals surface area (Å²) in [6.07, 6.45) is -4.72. The van der Waals surface area contributed by atoms with Crippen LogP contribution < -0.4 is 10.5 Å². The highest BCUT2D eigenvalue weighted by molar-refractivity contribution is 9.11. The summed E-state index contributed by atoms with van der Waals surface area (Å²) >= 11 is 5.97. The molecule has 0 atom stereocenters. The molecule has 0 radical (unpaired) electrons. The lowest BCUT2D eigenvalue weighted by Gasteiger charge is -2.12. The first-order valence-electron chi connectivity index (χ1n) is 3.30. The minimum absolute atomic E-state index is 0.0733. The fourth-order valence-corrected chi connectivity index (χ4v) is 1.78. The van der Waals surface area contributed by atoms with E-state index < -0.39 is 6.36 Å². The Balaban J connectivity index is 3.06. The Labute approximate surface area is 94.5 Å². The molecular weight excluding hydrogens is 331 g/mol. The number of nitrogens with two attached hydrogens (primary N) is 1. The Bertz CT molecular complexity index is 354. The molecule has 1 rings (SSSR count). The van der Waals surface area contributed by atoms with Crippen molar-refractivity contribution in [2.24, 2.45) is 0 Å². The minimum atomic E-state index is -4.72. The van der Waals surface area contributed by atoms with Gasteiger partial charge in [0.05, 0.1) is 10.2 Å². The van der Waals surface area contributed by atoms with E-state index in [9.17, 15) is 13.2 Å². The average Bonchev–Trinajstić information content (AvgIpc) is 2.04. The van der Waals surface area contributed by atoms with Crippen molar-refractivity contribution in [3.05, 3.63) is 21.1 Å². The van der Waals surface area contributed by atoms with Gasteiger partial charge in [-0.2, -0.15) is 0 Å². The first-order valence-corrected chi connectivity index (χ1v) is 4.89. The molecule has 7 heteroatoms. The van der Waals surface area contributed by atoms with E-state index in [1.54, 1.807) is 0 Å². The summed E-state index contributed by atoms with van der Waals surface area (Å²) in [5.74, 6) is -0.363. The molecule has 0 aromatic heterocycles. The summed E-state index contributed by atoms with van der Waals surface area (Å²) in [7, 11) is 0. The van der Waals surface area contributed by atoms with Crippen LogP contribution in [0.15, 0.2) is 21.1 Å². The molecule has 14 heavy (non-hydrogen) atoms. The Morgan fingerprint density at radius 1 is 1.21 bits per heavy atom. The zero-order valence-corrected chi connectivity index (χ0v) is 9.70. The van der Waals surface area contributed by atoms with E-state index in [4.69, 9.17) is 5.73 Å². The van der Waals surface area contributed by atoms with Crippen molar-refractivity contribution in [3.8, 4) is 5.75 Å². The van der Waals surface area contributed by atoms with E-state index in [-0.39, 0.29) is 15.9 Å². The minimum Gasteiger partial charge on any atom is -0.405 e. The predicted molar refractivity (Wildman–Crippen MR) is 52.9 cm³/mol. The van der Waals surface area contributed by atoms with E-state index in [0.717, 1.165) is 6.07 Å². The molecule has 0 amide bonds. The Morgan fingerprint density at radius 2 is 1.79 bits per heavy atom. The average molecular weight is 335 g/mol. The number of rotatable bonds is 1. The number of anilines is 1. The highest BCUT2D eigenvalue weighted by Crippen LogP contribution is 2.38. The molecule has 0 heterocycles. The largest absolute Gasteiger partial charge is 0.573 e. The maximum atomic E-state index is 11.9. The standard InChI is InChI=1S/C7H4Br2F3NO/c8-3-1-2-4(5(9)6(3)13)14-7(10,11)12/h1-2H,13H2. The maximum Gasteiger partial charge on any atom is 0.573 e. The summed E-state index contributed by atoms with van der Waals surface area (Å²) in [5, 5.41) is 0. The van der Waals surface area contributed by atoms with Gasteiger partial charge in [0.1, 0.15) is 5.75 Å². The number of nitrogen functional groups attached to an aromatic ring is 1. The third-order valence-corrected chi connectivity index (χ3v) is 2.83. The number of benzene rings is 1. The number of hydrogen-bond acceptors (Lipinski definition) is 2. The van der Waals surface area contributed by atoms with Crippen LogP contribution in [0.5, 0.6) is 5.75 Å². The molecule has 0 bridgehead atoms. The molecule has 0 aliphatic carbocycles. The zero-order chi connectivity index (χ0) is 10.9. The van der Waals surface area contributed by atoms with E-state index >= 15 is 0 Å². The van der Waals surface area contributed by atoms with Gasteiger partial charge in [-0.25, -0.2) is 0 Å². The SMILES string of the molecule is Nc1c(Br)ccc(OC(F)(F)F)c1Br. The molecule has 0 spiro atoms. The first kappa shape index (κ1) is 11.6. The second-order valence-corrected chi connectivity index (χ2v) is 3.97. The second kappa shape index (κ2) is 3.98. The van der Waals surface area contributed by atoms with Crippen LogP contribution in [0, 0.1) is 0 Å². The lowest BCUT2D eigenvalue weighted by molar-refractivity contribution is -0.274. The third kappa shape index (κ3) is 2.78. The zero-order valence-electron chi connectivity index (χ0n) is 6.53. The number of alkyl halides is 3. The molecule has 0 saturated heterocycles. The van der Waals surface area contributed by atoms with E-state index in [1.807, 2.05) is 0 Å². The van der Waals surface area contributed by atoms with Gasteiger partial charge in [0, 0.05) is 4.47 Å². The summed E-state index contributed by atoms with van der Waals surface area (Å²) in [6.45, 7) is 0. The van der Waals surface area contributed by atoms with Crippen LogP contribution in [-0.2, 0) is 0 Å². The third-order valence-electron chi connectivity index (χ3n) is 1.32. The summed E-state index contributed by atoms with van der Waals surface area (Å²) in [4.78, 5) is 0. The molecular formula is C7H4Br2F3NO. The highest BCUT2D eigenvalue weighted by Gasteiger charge is 2.32. The molecule has 2 nitrogen and oxygen atoms in total. The lowest BCUT2D eigenvalue weighted by Crippen LogP contribution is -2.17. The van der Waals surface area contributed by atoms with E-state index in [2.05, 4.69) is 36.6 Å². The van der Waals surface area contributed by atoms with Crippen LogP contribution in [0.2, 0.25) is 0 Å². The van der Waals surface area contributed by atoms with Crippen LogP contribution in [0.25, 0.3) is 0 Å². The van der Waals surface area contributed by atoms with E-state index in [1.165, 1.54) is 6.07 Å². The number of hydrogen-bond donors (Lipinski definition) is 1. The van der Waals surface area contributed by atoms with Crippen LogP contribution in [0.3, 0.4) is 0 Å². The Morgan fingerprint density at radius 3 is 2.29 bits per heavy atom. The fraction of sp³-hybridized carbons (Fsp3) is 0.143. The molecule has 0 fully saturated rings. The molecule has 1 aromatic rings. The quantitative estimate of drug-likeness (QED) is 0.795. The summed E-state index contributed by atoms with van der Waals surface area (Å²) in [5.41, 5.74) is 5.62. The Kier molecular flexibility index (Phi) is 3.31. The molecule has 0 saturated carbocycles. The van der Waals surface area contributed by atoms with Gasteiger partial charge in [0.2, 0.25) is 0 Å². The van der Waals surface area contributed by atoms with Crippen LogP contribution in [-0.4, -0.2) is 6.36 Å². The maximum absolute atomic E-state index is 11.9. The summed E-state index contributed by atoms with van der Waals surface area (Å²) < 4.78 is 39.9. The van der Waals surface area contributed by atoms with Crippen molar-refractivity contribution in [1.82, 2.24) is 0 Å². The second-order valence-electron chi connectivity index (χ2n) is 2.32. The van der Waals surface area contributed by atoms with Gasteiger partial charge < -0.3 is 10.5 Å². The van der Waals surface area contributed by atoms with Gasteiger partial charge in [0.15, 0.2) is 0 Å². The molecule has 0 unspecified atom stereocenters. The van der Waals surface area contributed by atoms with Crippen molar-refractivity contribution in [3.63, 3.8) is 0 Å². The van der Waals surface area contributed by atoms with Crippen molar-refractivity contribution < 1.29 is 17.9 Å². The molecule has 2 N–H and O–H groups in total. The van der Waals surface area contributed by atoms with Crippen LogP contribution in [0.1, 0.15) is 0 Å². The Hall–Kier alpha value is -0.430. The predicted octanol–water partition coefficient (Wildman–Crippen LogP) is 3.69. The van der Waals surface area contributed by atoms with E-state index in [0.29, 0.717) is 4.47 Å². The van der Waals surface area contributed by atoms with Crippen LogP contribution in [0.4, 0.5) is 18.9 Å². The number of ether oxygens (including phenoxy) is 1. The summed E-state index contributed by atoms with van der Waals surface area (Å²) in [6, 6.07) is 2.54. The number of halogens is 5. The monoisotopic (exact) mass is 333 g/mol. The van der Waals surface area contributed by atoms with Gasteiger partial charge in [-0.3, -0.25) is 0 Å². The van der Waals surface area contributed by atoms with Crippen molar-refractivity contribution in [1.29, 1.82) is 0 Å². The van der Waals surface area contributed by atoms with Crippen molar-refractivity contribution in [2.45, 2.75) is 6.36 Å². The lowest BCUT2D eigenvalue weighted by atomic mass is 10.3. The van der Waals surface area contributed by atoms with Gasteiger partial charge in [0.25, 0.3) is 0 Å². The first-order chi connectivity index (χ1) is 6.31. The molecule has 0 aliphatic heterocycles. The normalized spacial score (nSPS) is 11.5. The molecule has 0 aliphatic rings.